The molecule has 1 unspecified atom stereocenters. The van der Waals surface area contributed by atoms with Gasteiger partial charge in [0.1, 0.15) is 11.9 Å². The highest BCUT2D eigenvalue weighted by Crippen LogP contribution is 2.30. The van der Waals surface area contributed by atoms with Gasteiger partial charge in [-0.25, -0.2) is 0 Å². The molecule has 1 fully saturated rings. The van der Waals surface area contributed by atoms with E-state index in [-0.39, 0.29) is 17.6 Å². The number of nitrogens with zero attached hydrogens (tertiary/aromatic N) is 1. The smallest absolute Gasteiger partial charge is 0.227 e. The summed E-state index contributed by atoms with van der Waals surface area (Å²) < 4.78 is 11.2. The van der Waals surface area contributed by atoms with E-state index in [1.165, 1.54) is 0 Å². The second-order valence-electron chi connectivity index (χ2n) is 7.05. The van der Waals surface area contributed by atoms with E-state index in [9.17, 15) is 4.79 Å². The van der Waals surface area contributed by atoms with Gasteiger partial charge in [0.15, 0.2) is 0 Å². The number of morpholine rings is 1. The SMILES string of the molecule is COc1ccc(CC(=O)N2CC(c3ccccc3)OCC2(C)C)cc1. The van der Waals surface area contributed by atoms with Crippen molar-refractivity contribution in [2.75, 3.05) is 20.3 Å². The van der Waals surface area contributed by atoms with E-state index in [4.69, 9.17) is 9.47 Å². The van der Waals surface area contributed by atoms with Crippen LogP contribution < -0.4 is 4.74 Å². The maximum absolute atomic E-state index is 13.0. The highest BCUT2D eigenvalue weighted by molar-refractivity contribution is 5.79. The summed E-state index contributed by atoms with van der Waals surface area (Å²) in [6.07, 6.45) is 0.309. The highest BCUT2D eigenvalue weighted by Gasteiger charge is 2.38. The van der Waals surface area contributed by atoms with Crippen LogP contribution in [-0.2, 0) is 16.0 Å². The third kappa shape index (κ3) is 4.02. The summed E-state index contributed by atoms with van der Waals surface area (Å²) in [5.74, 6) is 0.923. The molecule has 0 bridgehead atoms. The van der Waals surface area contributed by atoms with Crippen LogP contribution >= 0.6 is 0 Å². The van der Waals surface area contributed by atoms with Crippen molar-refractivity contribution in [3.05, 3.63) is 65.7 Å². The second-order valence-corrected chi connectivity index (χ2v) is 7.05. The van der Waals surface area contributed by atoms with E-state index >= 15 is 0 Å². The van der Waals surface area contributed by atoms with Crippen LogP contribution in [-0.4, -0.2) is 36.6 Å². The minimum absolute atomic E-state index is 0.0750. The fourth-order valence-electron chi connectivity index (χ4n) is 3.17. The molecule has 0 radical (unpaired) electrons. The fourth-order valence-corrected chi connectivity index (χ4v) is 3.17. The van der Waals surface area contributed by atoms with Gasteiger partial charge in [0.2, 0.25) is 5.91 Å². The molecule has 3 rings (SSSR count). The first-order valence-corrected chi connectivity index (χ1v) is 8.59. The van der Waals surface area contributed by atoms with Crippen LogP contribution in [0.15, 0.2) is 54.6 Å². The molecule has 0 spiro atoms. The topological polar surface area (TPSA) is 38.8 Å². The molecule has 0 aromatic heterocycles. The Bertz CT molecular complexity index is 710. The van der Waals surface area contributed by atoms with Crippen LogP contribution in [0.1, 0.15) is 31.1 Å². The number of hydrogen-bond donors (Lipinski definition) is 0. The molecule has 1 saturated heterocycles. The van der Waals surface area contributed by atoms with Crippen molar-refractivity contribution >= 4 is 5.91 Å². The molecule has 4 nitrogen and oxygen atoms in total. The van der Waals surface area contributed by atoms with Crippen molar-refractivity contribution in [3.8, 4) is 5.75 Å². The van der Waals surface area contributed by atoms with Crippen LogP contribution in [0.25, 0.3) is 0 Å². The number of hydrogen-bond acceptors (Lipinski definition) is 3. The number of benzene rings is 2. The Morgan fingerprint density at radius 1 is 1.16 bits per heavy atom. The van der Waals surface area contributed by atoms with E-state index < -0.39 is 0 Å². The lowest BCUT2D eigenvalue weighted by molar-refractivity contribution is -0.154. The zero-order valence-electron chi connectivity index (χ0n) is 15.1. The Morgan fingerprint density at radius 2 is 1.84 bits per heavy atom. The van der Waals surface area contributed by atoms with Gasteiger partial charge in [0, 0.05) is 0 Å². The molecule has 0 saturated carbocycles. The van der Waals surface area contributed by atoms with Crippen molar-refractivity contribution < 1.29 is 14.3 Å². The lowest BCUT2D eigenvalue weighted by Crippen LogP contribution is -2.56. The van der Waals surface area contributed by atoms with E-state index in [0.29, 0.717) is 19.6 Å². The maximum Gasteiger partial charge on any atom is 0.227 e. The van der Waals surface area contributed by atoms with Gasteiger partial charge in [0.25, 0.3) is 0 Å². The van der Waals surface area contributed by atoms with Crippen molar-refractivity contribution in [2.24, 2.45) is 0 Å². The summed E-state index contributed by atoms with van der Waals surface area (Å²) in [6.45, 7) is 5.22. The lowest BCUT2D eigenvalue weighted by atomic mass is 9.97. The average Bonchev–Trinajstić information content (AvgIpc) is 2.63. The standard InChI is InChI=1S/C21H25NO3/c1-21(2)15-25-19(17-7-5-4-6-8-17)14-22(21)20(23)13-16-9-11-18(24-3)12-10-16/h4-12,19H,13-15H2,1-3H3. The largest absolute Gasteiger partial charge is 0.497 e. The summed E-state index contributed by atoms with van der Waals surface area (Å²) in [7, 11) is 1.64. The second kappa shape index (κ2) is 7.28. The number of amides is 1. The summed E-state index contributed by atoms with van der Waals surface area (Å²) in [6, 6.07) is 17.8. The maximum atomic E-state index is 13.0. The van der Waals surface area contributed by atoms with Crippen LogP contribution in [0.4, 0.5) is 0 Å². The molecule has 1 atom stereocenters. The predicted octanol–water partition coefficient (Wildman–Crippen LogP) is 3.62. The first-order chi connectivity index (χ1) is 12.0. The van der Waals surface area contributed by atoms with E-state index in [0.717, 1.165) is 16.9 Å². The monoisotopic (exact) mass is 339 g/mol. The van der Waals surface area contributed by atoms with Crippen molar-refractivity contribution in [2.45, 2.75) is 31.9 Å². The first kappa shape index (κ1) is 17.5. The van der Waals surface area contributed by atoms with Gasteiger partial charge in [-0.1, -0.05) is 42.5 Å². The summed E-state index contributed by atoms with van der Waals surface area (Å²) in [4.78, 5) is 14.9. The van der Waals surface area contributed by atoms with Gasteiger partial charge >= 0.3 is 0 Å². The Morgan fingerprint density at radius 3 is 2.48 bits per heavy atom. The number of rotatable bonds is 4. The van der Waals surface area contributed by atoms with Gasteiger partial charge in [-0.15, -0.1) is 0 Å². The van der Waals surface area contributed by atoms with Crippen molar-refractivity contribution in [1.29, 1.82) is 0 Å². The Labute approximate surface area is 149 Å². The van der Waals surface area contributed by atoms with Gasteiger partial charge in [0.05, 0.1) is 32.2 Å². The first-order valence-electron chi connectivity index (χ1n) is 8.59. The van der Waals surface area contributed by atoms with Crippen LogP contribution in [0, 0.1) is 0 Å². The highest BCUT2D eigenvalue weighted by atomic mass is 16.5. The van der Waals surface area contributed by atoms with Gasteiger partial charge in [-0.3, -0.25) is 4.79 Å². The van der Waals surface area contributed by atoms with Crippen molar-refractivity contribution in [3.63, 3.8) is 0 Å². The molecule has 1 amide bonds. The van der Waals surface area contributed by atoms with Crippen LogP contribution in [0.3, 0.4) is 0 Å². The minimum atomic E-state index is -0.311. The molecule has 2 aromatic carbocycles. The molecule has 132 valence electrons. The lowest BCUT2D eigenvalue weighted by Gasteiger charge is -2.45. The number of methoxy groups -OCH3 is 1. The molecule has 1 heterocycles. The van der Waals surface area contributed by atoms with E-state index in [1.54, 1.807) is 7.11 Å². The summed E-state index contributed by atoms with van der Waals surface area (Å²) >= 11 is 0. The zero-order valence-corrected chi connectivity index (χ0v) is 15.1. The zero-order chi connectivity index (χ0) is 17.9. The van der Waals surface area contributed by atoms with Crippen LogP contribution in [0.5, 0.6) is 5.75 Å². The third-order valence-corrected chi connectivity index (χ3v) is 4.70. The summed E-state index contributed by atoms with van der Waals surface area (Å²) in [5, 5.41) is 0. The van der Waals surface area contributed by atoms with E-state index in [1.807, 2.05) is 47.4 Å². The fraction of sp³-hybridized carbons (Fsp3) is 0.381. The molecule has 2 aromatic rings. The quantitative estimate of drug-likeness (QED) is 0.854. The molecular formula is C21H25NO3. The Kier molecular flexibility index (Phi) is 5.09. The molecule has 0 N–H and O–H groups in total. The van der Waals surface area contributed by atoms with Gasteiger partial charge < -0.3 is 14.4 Å². The average molecular weight is 339 g/mol. The molecule has 1 aliphatic rings. The number of ether oxygens (including phenoxy) is 2. The normalized spacial score (nSPS) is 19.5. The molecule has 25 heavy (non-hydrogen) atoms. The molecule has 4 heteroatoms. The third-order valence-electron chi connectivity index (χ3n) is 4.70. The predicted molar refractivity (Wildman–Crippen MR) is 97.6 cm³/mol. The van der Waals surface area contributed by atoms with Crippen molar-refractivity contribution in [1.82, 2.24) is 4.90 Å². The Balaban J connectivity index is 1.73. The number of carbonyl (C=O) groups is 1. The Hall–Kier alpha value is -2.33. The molecular weight excluding hydrogens is 314 g/mol. The van der Waals surface area contributed by atoms with Crippen LogP contribution in [0.2, 0.25) is 0 Å². The van der Waals surface area contributed by atoms with Gasteiger partial charge in [-0.05, 0) is 37.1 Å². The van der Waals surface area contributed by atoms with Gasteiger partial charge in [-0.2, -0.15) is 0 Å². The number of carbonyl (C=O) groups excluding carboxylic acids is 1. The summed E-state index contributed by atoms with van der Waals surface area (Å²) in [5.41, 5.74) is 1.79. The molecule has 1 aliphatic heterocycles. The van der Waals surface area contributed by atoms with E-state index in [2.05, 4.69) is 26.0 Å². The molecule has 0 aliphatic carbocycles. The minimum Gasteiger partial charge on any atom is -0.497 e.